The average molecular weight is 266 g/mol. The molecule has 2 aromatic heterocycles. The minimum absolute atomic E-state index is 0.120. The van der Waals surface area contributed by atoms with E-state index < -0.39 is 0 Å². The molecule has 0 fully saturated rings. The molecule has 4 nitrogen and oxygen atoms in total. The van der Waals surface area contributed by atoms with Gasteiger partial charge in [-0.1, -0.05) is 11.3 Å². The number of furan rings is 1. The molecule has 0 amide bonds. The number of likely N-dealkylation sites (N-methyl/N-ethyl adjacent to an activating group) is 1. The molecule has 0 spiro atoms. The van der Waals surface area contributed by atoms with Crippen molar-refractivity contribution in [3.8, 4) is 0 Å². The van der Waals surface area contributed by atoms with E-state index in [4.69, 9.17) is 4.42 Å². The van der Waals surface area contributed by atoms with Crippen molar-refractivity contribution in [2.45, 2.75) is 26.9 Å². The summed E-state index contributed by atoms with van der Waals surface area (Å²) in [5.74, 6) is 1.90. The zero-order chi connectivity index (χ0) is 13.1. The van der Waals surface area contributed by atoms with E-state index >= 15 is 0 Å². The third kappa shape index (κ3) is 3.11. The largest absolute Gasteiger partial charge is 0.465 e. The van der Waals surface area contributed by atoms with E-state index in [0.717, 1.165) is 36.8 Å². The summed E-state index contributed by atoms with van der Waals surface area (Å²) in [7, 11) is 2.03. The first-order valence-corrected chi connectivity index (χ1v) is 6.83. The quantitative estimate of drug-likeness (QED) is 0.833. The van der Waals surface area contributed by atoms with Crippen LogP contribution in [0, 0.1) is 13.8 Å². The van der Waals surface area contributed by atoms with E-state index in [1.54, 1.807) is 0 Å². The zero-order valence-electron chi connectivity index (χ0n) is 11.0. The number of thiazole rings is 1. The summed E-state index contributed by atoms with van der Waals surface area (Å²) in [6, 6.07) is 3.96. The third-order valence-electron chi connectivity index (χ3n) is 2.90. The molecule has 0 saturated heterocycles. The predicted molar refractivity (Wildman–Crippen MR) is 73.1 cm³/mol. The van der Waals surface area contributed by atoms with Gasteiger partial charge in [0.15, 0.2) is 0 Å². The highest BCUT2D eigenvalue weighted by Gasteiger charge is 2.06. The van der Waals surface area contributed by atoms with Crippen molar-refractivity contribution < 1.29 is 4.42 Å². The molecule has 0 radical (unpaired) electrons. The molecular weight excluding hydrogens is 248 g/mol. The predicted octanol–water partition coefficient (Wildman–Crippen LogP) is 2.25. The van der Waals surface area contributed by atoms with Gasteiger partial charge in [-0.25, -0.2) is 0 Å². The molecule has 5 heteroatoms. The fraction of sp³-hybridized carbons (Fsp3) is 0.462. The maximum Gasteiger partial charge on any atom is 0.307 e. The summed E-state index contributed by atoms with van der Waals surface area (Å²) in [6.07, 6.45) is 0. The van der Waals surface area contributed by atoms with Crippen molar-refractivity contribution in [2.24, 2.45) is 0 Å². The second-order valence-electron chi connectivity index (χ2n) is 4.54. The molecule has 0 aliphatic heterocycles. The van der Waals surface area contributed by atoms with Gasteiger partial charge >= 0.3 is 4.87 Å². The van der Waals surface area contributed by atoms with E-state index in [1.165, 1.54) is 11.3 Å². The lowest BCUT2D eigenvalue weighted by molar-refractivity contribution is 0.280. The second kappa shape index (κ2) is 5.54. The van der Waals surface area contributed by atoms with Crippen LogP contribution >= 0.6 is 11.3 Å². The molecule has 0 N–H and O–H groups in total. The third-order valence-corrected chi connectivity index (χ3v) is 3.78. The summed E-state index contributed by atoms with van der Waals surface area (Å²) in [4.78, 5) is 13.8. The molecule has 0 saturated carbocycles. The molecule has 0 aliphatic rings. The van der Waals surface area contributed by atoms with Gasteiger partial charge in [0.25, 0.3) is 0 Å². The van der Waals surface area contributed by atoms with E-state index in [-0.39, 0.29) is 4.87 Å². The van der Waals surface area contributed by atoms with Crippen LogP contribution in [0.4, 0.5) is 0 Å². The Labute approximate surface area is 110 Å². The van der Waals surface area contributed by atoms with Gasteiger partial charge in [-0.05, 0) is 33.0 Å². The van der Waals surface area contributed by atoms with Crippen molar-refractivity contribution in [3.05, 3.63) is 44.4 Å². The van der Waals surface area contributed by atoms with Gasteiger partial charge in [0.1, 0.15) is 11.5 Å². The first-order valence-electron chi connectivity index (χ1n) is 5.95. The maximum absolute atomic E-state index is 11.6. The Morgan fingerprint density at radius 2 is 2.17 bits per heavy atom. The minimum Gasteiger partial charge on any atom is -0.465 e. The van der Waals surface area contributed by atoms with Gasteiger partial charge in [-0.3, -0.25) is 9.69 Å². The molecule has 0 atom stereocenters. The van der Waals surface area contributed by atoms with Crippen LogP contribution in [0.2, 0.25) is 0 Å². The Hall–Kier alpha value is -1.33. The standard InChI is InChI=1S/C13H18N2O2S/c1-10-9-18-13(16)15(10)7-6-14(3)8-12-5-4-11(2)17-12/h4-5,9H,6-8H2,1-3H3. The molecule has 0 aromatic carbocycles. The normalized spacial score (nSPS) is 11.3. The maximum atomic E-state index is 11.6. The Kier molecular flexibility index (Phi) is 4.04. The highest BCUT2D eigenvalue weighted by Crippen LogP contribution is 2.08. The molecule has 0 aliphatic carbocycles. The fourth-order valence-corrected chi connectivity index (χ4v) is 2.62. The van der Waals surface area contributed by atoms with E-state index in [2.05, 4.69) is 4.90 Å². The monoisotopic (exact) mass is 266 g/mol. The topological polar surface area (TPSA) is 38.4 Å². The summed E-state index contributed by atoms with van der Waals surface area (Å²) < 4.78 is 7.34. The highest BCUT2D eigenvalue weighted by atomic mass is 32.1. The summed E-state index contributed by atoms with van der Waals surface area (Å²) >= 11 is 1.26. The molecule has 2 rings (SSSR count). The summed E-state index contributed by atoms with van der Waals surface area (Å²) in [5, 5.41) is 1.90. The summed E-state index contributed by atoms with van der Waals surface area (Å²) in [6.45, 7) is 6.24. The molecule has 2 heterocycles. The lowest BCUT2D eigenvalue weighted by atomic mass is 10.4. The van der Waals surface area contributed by atoms with Crippen molar-refractivity contribution in [1.82, 2.24) is 9.47 Å². The molecule has 0 bridgehead atoms. The van der Waals surface area contributed by atoms with Gasteiger partial charge in [0.05, 0.1) is 6.54 Å². The number of hydrogen-bond acceptors (Lipinski definition) is 4. The highest BCUT2D eigenvalue weighted by molar-refractivity contribution is 7.07. The van der Waals surface area contributed by atoms with Gasteiger partial charge in [0.2, 0.25) is 0 Å². The van der Waals surface area contributed by atoms with Gasteiger partial charge in [-0.15, -0.1) is 0 Å². The lowest BCUT2D eigenvalue weighted by Crippen LogP contribution is -2.26. The SMILES string of the molecule is Cc1ccc(CN(C)CCn2c(C)csc2=O)o1. The Morgan fingerprint density at radius 3 is 2.72 bits per heavy atom. The van der Waals surface area contributed by atoms with E-state index in [0.29, 0.717) is 0 Å². The van der Waals surface area contributed by atoms with Crippen molar-refractivity contribution >= 4 is 11.3 Å². The fourth-order valence-electron chi connectivity index (χ4n) is 1.86. The van der Waals surface area contributed by atoms with Crippen LogP contribution in [-0.2, 0) is 13.1 Å². The second-order valence-corrected chi connectivity index (χ2v) is 5.37. The van der Waals surface area contributed by atoms with Crippen LogP contribution in [-0.4, -0.2) is 23.1 Å². The van der Waals surface area contributed by atoms with Crippen LogP contribution < -0.4 is 4.87 Å². The number of nitrogens with zero attached hydrogens (tertiary/aromatic N) is 2. The minimum atomic E-state index is 0.120. The Balaban J connectivity index is 1.89. The lowest BCUT2D eigenvalue weighted by Gasteiger charge is -2.15. The van der Waals surface area contributed by atoms with Crippen molar-refractivity contribution in [2.75, 3.05) is 13.6 Å². The average Bonchev–Trinajstić information content (AvgIpc) is 2.84. The smallest absolute Gasteiger partial charge is 0.307 e. The molecule has 98 valence electrons. The van der Waals surface area contributed by atoms with Crippen LogP contribution in [0.1, 0.15) is 17.2 Å². The van der Waals surface area contributed by atoms with E-state index in [9.17, 15) is 4.79 Å². The van der Waals surface area contributed by atoms with Gasteiger partial charge < -0.3 is 8.98 Å². The first kappa shape index (κ1) is 13.1. The first-order chi connectivity index (χ1) is 8.56. The van der Waals surface area contributed by atoms with Crippen molar-refractivity contribution in [1.29, 1.82) is 0 Å². The zero-order valence-corrected chi connectivity index (χ0v) is 11.8. The molecule has 2 aromatic rings. The number of hydrogen-bond donors (Lipinski definition) is 0. The molecule has 0 unspecified atom stereocenters. The van der Waals surface area contributed by atoms with Crippen LogP contribution in [0.25, 0.3) is 0 Å². The molecule has 18 heavy (non-hydrogen) atoms. The van der Waals surface area contributed by atoms with E-state index in [1.807, 2.05) is 43.0 Å². The van der Waals surface area contributed by atoms with Gasteiger partial charge in [-0.2, -0.15) is 0 Å². The van der Waals surface area contributed by atoms with Crippen molar-refractivity contribution in [3.63, 3.8) is 0 Å². The summed E-state index contributed by atoms with van der Waals surface area (Å²) in [5.41, 5.74) is 1.03. The number of aryl methyl sites for hydroxylation is 2. The molecular formula is C13H18N2O2S. The van der Waals surface area contributed by atoms with Crippen LogP contribution in [0.3, 0.4) is 0 Å². The van der Waals surface area contributed by atoms with Crippen LogP contribution in [0.5, 0.6) is 0 Å². The van der Waals surface area contributed by atoms with Crippen LogP contribution in [0.15, 0.2) is 26.7 Å². The Bertz CT molecular complexity index is 568. The van der Waals surface area contributed by atoms with Gasteiger partial charge in [0, 0.05) is 24.2 Å². The number of rotatable bonds is 5. The number of aromatic nitrogens is 1. The Morgan fingerprint density at radius 1 is 1.39 bits per heavy atom.